The molecule has 0 radical (unpaired) electrons. The minimum Gasteiger partial charge on any atom is -0.376 e. The first kappa shape index (κ1) is 20.4. The van der Waals surface area contributed by atoms with Crippen LogP contribution in [-0.2, 0) is 9.53 Å². The van der Waals surface area contributed by atoms with Gasteiger partial charge >= 0.3 is 0 Å². The Morgan fingerprint density at radius 2 is 1.91 bits per heavy atom. The molecule has 3 aliphatic rings. The summed E-state index contributed by atoms with van der Waals surface area (Å²) in [6.07, 6.45) is 5.66. The van der Waals surface area contributed by atoms with Crippen molar-refractivity contribution in [1.29, 1.82) is 0 Å². The fraction of sp³-hybridized carbons (Fsp3) is 0.423. The molecule has 7 heteroatoms. The van der Waals surface area contributed by atoms with Crippen LogP contribution in [0.5, 0.6) is 0 Å². The van der Waals surface area contributed by atoms with Gasteiger partial charge in [0.15, 0.2) is 0 Å². The van der Waals surface area contributed by atoms with Gasteiger partial charge < -0.3 is 14.6 Å². The van der Waals surface area contributed by atoms with Crippen LogP contribution >= 0.6 is 0 Å². The Labute approximate surface area is 192 Å². The second-order valence-electron chi connectivity index (χ2n) is 9.47. The number of fused-ring (bicyclic) bond motifs is 2. The molecule has 3 heterocycles. The molecule has 33 heavy (non-hydrogen) atoms. The topological polar surface area (TPSA) is 87.3 Å². The Morgan fingerprint density at radius 3 is 2.70 bits per heavy atom. The van der Waals surface area contributed by atoms with Crippen molar-refractivity contribution in [2.75, 3.05) is 18.5 Å². The van der Waals surface area contributed by atoms with Crippen LogP contribution in [0.2, 0.25) is 0 Å². The maximum atomic E-state index is 13.9. The molecule has 6 rings (SSSR count). The molecule has 1 aromatic heterocycles. The van der Waals surface area contributed by atoms with Gasteiger partial charge in [-0.2, -0.15) is 0 Å². The van der Waals surface area contributed by atoms with Gasteiger partial charge in [0.05, 0.1) is 28.6 Å². The van der Waals surface area contributed by atoms with Crippen LogP contribution in [0.25, 0.3) is 11.0 Å². The summed E-state index contributed by atoms with van der Waals surface area (Å²) in [7, 11) is 0. The molecule has 2 aromatic carbocycles. The number of aromatic amines is 1. The summed E-state index contributed by atoms with van der Waals surface area (Å²) in [4.78, 5) is 37.4. The number of carbonyl (C=O) groups excluding carboxylic acids is 2. The number of benzene rings is 2. The van der Waals surface area contributed by atoms with Crippen molar-refractivity contribution in [2.24, 2.45) is 0 Å². The summed E-state index contributed by atoms with van der Waals surface area (Å²) in [6, 6.07) is 15.3. The quantitative estimate of drug-likeness (QED) is 0.630. The lowest BCUT2D eigenvalue weighted by Crippen LogP contribution is -2.61. The fourth-order valence-corrected chi connectivity index (χ4v) is 6.13. The van der Waals surface area contributed by atoms with Crippen molar-refractivity contribution in [1.82, 2.24) is 14.9 Å². The van der Waals surface area contributed by atoms with Gasteiger partial charge in [-0.15, -0.1) is 0 Å². The van der Waals surface area contributed by atoms with Gasteiger partial charge in [0, 0.05) is 18.7 Å². The Morgan fingerprint density at radius 1 is 1.12 bits per heavy atom. The number of rotatable bonds is 4. The molecule has 7 nitrogen and oxygen atoms in total. The molecule has 3 aromatic rings. The lowest BCUT2D eigenvalue weighted by atomic mass is 9.71. The molecule has 170 valence electrons. The molecule has 1 saturated carbocycles. The molecule has 2 aliphatic heterocycles. The van der Waals surface area contributed by atoms with E-state index in [4.69, 9.17) is 4.74 Å². The maximum Gasteiger partial charge on any atom is 0.254 e. The van der Waals surface area contributed by atoms with E-state index in [2.05, 4.69) is 15.3 Å². The van der Waals surface area contributed by atoms with E-state index in [-0.39, 0.29) is 17.9 Å². The SMILES string of the molecule is O=C(Nc1nc2ccccc2[nH]1)C1c2ccccc2C(=O)N(CC2CCCO2)C12CCCC2. The van der Waals surface area contributed by atoms with Gasteiger partial charge in [0.2, 0.25) is 11.9 Å². The first-order chi connectivity index (χ1) is 16.2. The Bertz CT molecular complexity index is 1170. The third-order valence-electron chi connectivity index (χ3n) is 7.60. The largest absolute Gasteiger partial charge is 0.376 e. The standard InChI is InChI=1S/C26H28N4O3/c31-23(29-25-27-20-11-3-4-12-21(20)28-25)22-18-9-1-2-10-19(18)24(32)30(16-17-8-7-15-33-17)26(22)13-5-6-14-26/h1-4,9-12,17,22H,5-8,13-16H2,(H2,27,28,29,31). The van der Waals surface area contributed by atoms with E-state index in [1.54, 1.807) is 0 Å². The lowest BCUT2D eigenvalue weighted by molar-refractivity contribution is -0.121. The molecule has 2 fully saturated rings. The second-order valence-corrected chi connectivity index (χ2v) is 9.47. The molecule has 2 unspecified atom stereocenters. The van der Waals surface area contributed by atoms with Crippen LogP contribution in [-0.4, -0.2) is 51.5 Å². The van der Waals surface area contributed by atoms with Gasteiger partial charge in [-0.25, -0.2) is 4.98 Å². The van der Waals surface area contributed by atoms with Crippen molar-refractivity contribution in [3.05, 3.63) is 59.7 Å². The highest BCUT2D eigenvalue weighted by atomic mass is 16.5. The molecular weight excluding hydrogens is 416 g/mol. The fourth-order valence-electron chi connectivity index (χ4n) is 6.13. The molecule has 0 bridgehead atoms. The number of amides is 2. The van der Waals surface area contributed by atoms with Crippen molar-refractivity contribution in [3.8, 4) is 0 Å². The van der Waals surface area contributed by atoms with Crippen LogP contribution in [0.1, 0.15) is 60.4 Å². The Kier molecular flexibility index (Phi) is 4.94. The molecular formula is C26H28N4O3. The van der Waals surface area contributed by atoms with E-state index in [0.29, 0.717) is 18.1 Å². The minimum absolute atomic E-state index is 0.0239. The number of nitrogens with zero attached hydrogens (tertiary/aromatic N) is 2. The highest BCUT2D eigenvalue weighted by Crippen LogP contribution is 2.51. The molecule has 2 amide bonds. The van der Waals surface area contributed by atoms with E-state index in [9.17, 15) is 9.59 Å². The number of para-hydroxylation sites is 2. The molecule has 1 spiro atoms. The highest BCUT2D eigenvalue weighted by molar-refractivity contribution is 6.05. The van der Waals surface area contributed by atoms with E-state index >= 15 is 0 Å². The summed E-state index contributed by atoms with van der Waals surface area (Å²) >= 11 is 0. The van der Waals surface area contributed by atoms with Crippen molar-refractivity contribution in [3.63, 3.8) is 0 Å². The molecule has 2 N–H and O–H groups in total. The number of hydrogen-bond acceptors (Lipinski definition) is 4. The van der Waals surface area contributed by atoms with Crippen LogP contribution in [0.3, 0.4) is 0 Å². The molecule has 2 atom stereocenters. The summed E-state index contributed by atoms with van der Waals surface area (Å²) in [5.41, 5.74) is 2.60. The second kappa shape index (κ2) is 7.99. The van der Waals surface area contributed by atoms with Gasteiger partial charge in [-0.1, -0.05) is 43.2 Å². The third kappa shape index (κ3) is 3.33. The zero-order valence-electron chi connectivity index (χ0n) is 18.5. The normalized spacial score (nSPS) is 23.9. The van der Waals surface area contributed by atoms with Crippen LogP contribution in [0.15, 0.2) is 48.5 Å². The number of imidazole rings is 1. The van der Waals surface area contributed by atoms with Crippen molar-refractivity contribution >= 4 is 28.8 Å². The van der Waals surface area contributed by atoms with Crippen LogP contribution in [0.4, 0.5) is 5.95 Å². The van der Waals surface area contributed by atoms with Crippen molar-refractivity contribution in [2.45, 2.75) is 56.1 Å². The number of ether oxygens (including phenoxy) is 1. The number of aromatic nitrogens is 2. The van der Waals surface area contributed by atoms with E-state index in [1.165, 1.54) is 0 Å². The Balaban J connectivity index is 1.41. The van der Waals surface area contributed by atoms with Gasteiger partial charge in [0.25, 0.3) is 5.91 Å². The van der Waals surface area contributed by atoms with Gasteiger partial charge in [-0.05, 0) is 49.4 Å². The monoisotopic (exact) mass is 444 g/mol. The van der Waals surface area contributed by atoms with Crippen LogP contribution in [0, 0.1) is 0 Å². The average Bonchev–Trinajstić information content (AvgIpc) is 3.58. The van der Waals surface area contributed by atoms with Gasteiger partial charge in [0.1, 0.15) is 0 Å². The summed E-state index contributed by atoms with van der Waals surface area (Å²) in [5, 5.41) is 3.05. The summed E-state index contributed by atoms with van der Waals surface area (Å²) in [5.74, 6) is -0.109. The van der Waals surface area contributed by atoms with Gasteiger partial charge in [-0.3, -0.25) is 14.9 Å². The van der Waals surface area contributed by atoms with Crippen LogP contribution < -0.4 is 5.32 Å². The van der Waals surface area contributed by atoms with Crippen molar-refractivity contribution < 1.29 is 14.3 Å². The molecule has 1 saturated heterocycles. The predicted octanol–water partition coefficient (Wildman–Crippen LogP) is 4.23. The Hall–Kier alpha value is -3.19. The smallest absolute Gasteiger partial charge is 0.254 e. The first-order valence-electron chi connectivity index (χ1n) is 11.9. The van der Waals surface area contributed by atoms with E-state index in [0.717, 1.165) is 61.7 Å². The third-order valence-corrected chi connectivity index (χ3v) is 7.60. The van der Waals surface area contributed by atoms with E-state index < -0.39 is 11.5 Å². The lowest BCUT2D eigenvalue weighted by Gasteiger charge is -2.50. The number of hydrogen-bond donors (Lipinski definition) is 2. The maximum absolute atomic E-state index is 13.9. The summed E-state index contributed by atoms with van der Waals surface area (Å²) in [6.45, 7) is 1.29. The zero-order chi connectivity index (χ0) is 22.4. The number of carbonyl (C=O) groups is 2. The minimum atomic E-state index is -0.534. The predicted molar refractivity (Wildman–Crippen MR) is 125 cm³/mol. The summed E-state index contributed by atoms with van der Waals surface area (Å²) < 4.78 is 5.91. The average molecular weight is 445 g/mol. The van der Waals surface area contributed by atoms with E-state index in [1.807, 2.05) is 53.4 Å². The first-order valence-corrected chi connectivity index (χ1v) is 11.9. The zero-order valence-corrected chi connectivity index (χ0v) is 18.5. The molecule has 1 aliphatic carbocycles. The highest BCUT2D eigenvalue weighted by Gasteiger charge is 2.56. The number of H-pyrrole nitrogens is 1. The number of nitrogens with one attached hydrogen (secondary N) is 2. The number of anilines is 1.